The lowest BCUT2D eigenvalue weighted by atomic mass is 9.99. The maximum Gasteiger partial charge on any atom is 0.416 e. The number of benzene rings is 1. The standard InChI is InChI=1S/C22H32F3N3O3/c1-14(2)19-27-17(9-10-26-20(30)31-21(3,4)5)12-18(29)28(19)13-15-7-6-8-16(11-15)22(23,24)25/h6-8,11,14,17,19,27H,9-10,12-13H2,1-5H3,(H,26,30). The molecule has 0 radical (unpaired) electrons. The average molecular weight is 444 g/mol. The first-order chi connectivity index (χ1) is 14.3. The van der Waals surface area contributed by atoms with E-state index in [0.717, 1.165) is 12.1 Å². The molecule has 174 valence electrons. The first-order valence-corrected chi connectivity index (χ1v) is 10.4. The number of alkyl carbamates (subject to hydrolysis) is 1. The molecule has 2 unspecified atom stereocenters. The highest BCUT2D eigenvalue weighted by Gasteiger charge is 2.35. The first-order valence-electron chi connectivity index (χ1n) is 10.4. The van der Waals surface area contributed by atoms with Gasteiger partial charge in [-0.25, -0.2) is 4.79 Å². The summed E-state index contributed by atoms with van der Waals surface area (Å²) in [5.74, 6) is -0.0755. The van der Waals surface area contributed by atoms with Crippen LogP contribution in [0.3, 0.4) is 0 Å². The molecule has 1 aliphatic heterocycles. The molecule has 1 aromatic rings. The van der Waals surface area contributed by atoms with E-state index in [2.05, 4.69) is 10.6 Å². The second-order valence-electron chi connectivity index (χ2n) is 9.19. The third-order valence-electron chi connectivity index (χ3n) is 4.88. The Balaban J connectivity index is 1.99. The number of rotatable bonds is 6. The molecule has 0 bridgehead atoms. The van der Waals surface area contributed by atoms with Crippen LogP contribution in [0.2, 0.25) is 0 Å². The molecule has 9 heteroatoms. The van der Waals surface area contributed by atoms with Gasteiger partial charge in [-0.3, -0.25) is 10.1 Å². The van der Waals surface area contributed by atoms with Gasteiger partial charge in [-0.15, -0.1) is 0 Å². The summed E-state index contributed by atoms with van der Waals surface area (Å²) in [6.45, 7) is 9.68. The number of amides is 2. The maximum atomic E-state index is 13.0. The van der Waals surface area contributed by atoms with E-state index >= 15 is 0 Å². The number of halogens is 3. The Morgan fingerprint density at radius 3 is 2.55 bits per heavy atom. The van der Waals surface area contributed by atoms with Crippen molar-refractivity contribution in [3.63, 3.8) is 0 Å². The zero-order valence-corrected chi connectivity index (χ0v) is 18.7. The van der Waals surface area contributed by atoms with E-state index in [9.17, 15) is 22.8 Å². The summed E-state index contributed by atoms with van der Waals surface area (Å²) >= 11 is 0. The van der Waals surface area contributed by atoms with Crippen LogP contribution in [0.25, 0.3) is 0 Å². The van der Waals surface area contributed by atoms with Crippen molar-refractivity contribution in [2.75, 3.05) is 6.54 Å². The van der Waals surface area contributed by atoms with Gasteiger partial charge in [0.2, 0.25) is 5.91 Å². The topological polar surface area (TPSA) is 70.7 Å². The van der Waals surface area contributed by atoms with E-state index in [1.54, 1.807) is 31.7 Å². The molecule has 1 fully saturated rings. The largest absolute Gasteiger partial charge is 0.444 e. The summed E-state index contributed by atoms with van der Waals surface area (Å²) in [7, 11) is 0. The van der Waals surface area contributed by atoms with Gasteiger partial charge >= 0.3 is 12.3 Å². The highest BCUT2D eigenvalue weighted by atomic mass is 19.4. The third kappa shape index (κ3) is 7.72. The minimum absolute atomic E-state index is 0.0522. The molecule has 6 nitrogen and oxygen atoms in total. The van der Waals surface area contributed by atoms with E-state index in [0.29, 0.717) is 18.5 Å². The lowest BCUT2D eigenvalue weighted by Crippen LogP contribution is -2.60. The van der Waals surface area contributed by atoms with Gasteiger partial charge in [0.15, 0.2) is 0 Å². The molecular weight excluding hydrogens is 411 g/mol. The van der Waals surface area contributed by atoms with Crippen molar-refractivity contribution in [2.24, 2.45) is 5.92 Å². The second-order valence-corrected chi connectivity index (χ2v) is 9.19. The predicted molar refractivity (Wildman–Crippen MR) is 111 cm³/mol. The maximum absolute atomic E-state index is 13.0. The minimum atomic E-state index is -4.43. The molecule has 0 aliphatic carbocycles. The summed E-state index contributed by atoms with van der Waals surface area (Å²) < 4.78 is 44.2. The number of carbonyl (C=O) groups is 2. The molecule has 0 aromatic heterocycles. The number of ether oxygens (including phenoxy) is 1. The fourth-order valence-electron chi connectivity index (χ4n) is 3.50. The third-order valence-corrected chi connectivity index (χ3v) is 4.88. The molecule has 1 aromatic carbocycles. The Morgan fingerprint density at radius 2 is 1.97 bits per heavy atom. The Labute approximate surface area is 181 Å². The molecule has 2 atom stereocenters. The summed E-state index contributed by atoms with van der Waals surface area (Å²) in [5, 5.41) is 6.10. The molecular formula is C22H32F3N3O3. The first kappa shape index (κ1) is 25.0. The van der Waals surface area contributed by atoms with Crippen molar-refractivity contribution in [2.45, 2.75) is 78.0 Å². The highest BCUT2D eigenvalue weighted by molar-refractivity contribution is 5.78. The number of hydrogen-bond acceptors (Lipinski definition) is 4. The molecule has 1 aliphatic rings. The van der Waals surface area contributed by atoms with Crippen molar-refractivity contribution in [1.82, 2.24) is 15.5 Å². The van der Waals surface area contributed by atoms with Crippen molar-refractivity contribution in [3.05, 3.63) is 35.4 Å². The second kappa shape index (κ2) is 9.89. The molecule has 1 heterocycles. The summed E-state index contributed by atoms with van der Waals surface area (Å²) in [4.78, 5) is 26.2. The monoisotopic (exact) mass is 443 g/mol. The Morgan fingerprint density at radius 1 is 1.29 bits per heavy atom. The molecule has 31 heavy (non-hydrogen) atoms. The number of hydrogen-bond donors (Lipinski definition) is 2. The van der Waals surface area contributed by atoms with Crippen LogP contribution >= 0.6 is 0 Å². The van der Waals surface area contributed by atoms with Crippen LogP contribution in [0.4, 0.5) is 18.0 Å². The lowest BCUT2D eigenvalue weighted by Gasteiger charge is -2.42. The van der Waals surface area contributed by atoms with Crippen LogP contribution in [-0.4, -0.2) is 41.3 Å². The molecule has 1 saturated heterocycles. The van der Waals surface area contributed by atoms with Crippen molar-refractivity contribution in [3.8, 4) is 0 Å². The van der Waals surface area contributed by atoms with Crippen LogP contribution in [0.15, 0.2) is 24.3 Å². The average Bonchev–Trinajstić information content (AvgIpc) is 2.61. The molecule has 2 rings (SSSR count). The fraction of sp³-hybridized carbons (Fsp3) is 0.636. The van der Waals surface area contributed by atoms with E-state index in [4.69, 9.17) is 4.74 Å². The van der Waals surface area contributed by atoms with Gasteiger partial charge in [-0.05, 0) is 50.8 Å². The van der Waals surface area contributed by atoms with Crippen LogP contribution in [0, 0.1) is 5.92 Å². The van der Waals surface area contributed by atoms with E-state index in [1.807, 2.05) is 13.8 Å². The van der Waals surface area contributed by atoms with Gasteiger partial charge in [0, 0.05) is 25.6 Å². The SMILES string of the molecule is CC(C)C1NC(CCNC(=O)OC(C)(C)C)CC(=O)N1Cc1cccc(C(F)(F)F)c1. The van der Waals surface area contributed by atoms with Crippen LogP contribution in [0.5, 0.6) is 0 Å². The zero-order valence-electron chi connectivity index (χ0n) is 18.7. The zero-order chi connectivity index (χ0) is 23.4. The Hall–Kier alpha value is -2.29. The Bertz CT molecular complexity index is 775. The number of nitrogens with zero attached hydrogens (tertiary/aromatic N) is 1. The summed E-state index contributed by atoms with van der Waals surface area (Å²) in [6, 6.07) is 4.91. The van der Waals surface area contributed by atoms with Gasteiger partial charge in [0.05, 0.1) is 11.7 Å². The molecule has 0 saturated carbocycles. The molecule has 0 spiro atoms. The quantitative estimate of drug-likeness (QED) is 0.688. The van der Waals surface area contributed by atoms with Crippen molar-refractivity contribution < 1.29 is 27.5 Å². The van der Waals surface area contributed by atoms with Crippen LogP contribution in [-0.2, 0) is 22.3 Å². The van der Waals surface area contributed by atoms with Gasteiger partial charge in [0.1, 0.15) is 5.60 Å². The van der Waals surface area contributed by atoms with Crippen molar-refractivity contribution in [1.29, 1.82) is 0 Å². The van der Waals surface area contributed by atoms with E-state index in [1.165, 1.54) is 6.07 Å². The minimum Gasteiger partial charge on any atom is -0.444 e. The van der Waals surface area contributed by atoms with Gasteiger partial charge in [-0.1, -0.05) is 26.0 Å². The lowest BCUT2D eigenvalue weighted by molar-refractivity contribution is -0.141. The Kier molecular flexibility index (Phi) is 7.97. The summed E-state index contributed by atoms with van der Waals surface area (Å²) in [6.07, 6.45) is -4.52. The number of alkyl halides is 3. The van der Waals surface area contributed by atoms with E-state index < -0.39 is 23.4 Å². The molecule has 2 amide bonds. The summed E-state index contributed by atoms with van der Waals surface area (Å²) in [5.41, 5.74) is -0.884. The van der Waals surface area contributed by atoms with Crippen LogP contribution in [0.1, 0.15) is 58.6 Å². The van der Waals surface area contributed by atoms with Gasteiger partial charge in [-0.2, -0.15) is 13.2 Å². The normalized spacial score (nSPS) is 20.2. The van der Waals surface area contributed by atoms with Gasteiger partial charge < -0.3 is 15.0 Å². The predicted octanol–water partition coefficient (Wildman–Crippen LogP) is 4.29. The fourth-order valence-corrected chi connectivity index (χ4v) is 3.50. The number of carbonyl (C=O) groups excluding carboxylic acids is 2. The van der Waals surface area contributed by atoms with Crippen molar-refractivity contribution >= 4 is 12.0 Å². The smallest absolute Gasteiger partial charge is 0.416 e. The number of nitrogens with one attached hydrogen (secondary N) is 2. The van der Waals surface area contributed by atoms with E-state index in [-0.39, 0.29) is 37.0 Å². The molecule has 2 N–H and O–H groups in total. The van der Waals surface area contributed by atoms with Crippen LogP contribution < -0.4 is 10.6 Å². The van der Waals surface area contributed by atoms with Gasteiger partial charge in [0.25, 0.3) is 0 Å². The highest BCUT2D eigenvalue weighted by Crippen LogP contribution is 2.30.